The number of para-hydroxylation sites is 2. The molecule has 2 heterocycles. The molecule has 3 aromatic carbocycles. The number of pyridine rings is 2. The van der Waals surface area contributed by atoms with Gasteiger partial charge in [0.2, 0.25) is 12.5 Å². The van der Waals surface area contributed by atoms with Gasteiger partial charge >= 0.3 is 19.4 Å². The van der Waals surface area contributed by atoms with Gasteiger partial charge in [-0.25, -0.2) is 14.4 Å². The second kappa shape index (κ2) is 12.6. The summed E-state index contributed by atoms with van der Waals surface area (Å²) in [6.07, 6.45) is 0.193. The van der Waals surface area contributed by atoms with Crippen molar-refractivity contribution in [1.29, 1.82) is 0 Å². The van der Waals surface area contributed by atoms with Crippen LogP contribution in [0.1, 0.15) is 36.5 Å². The molecule has 0 saturated heterocycles. The van der Waals surface area contributed by atoms with Gasteiger partial charge < -0.3 is 15.1 Å². The number of hydrogen-bond acceptors (Lipinski definition) is 6. The Labute approximate surface area is 271 Å². The van der Waals surface area contributed by atoms with E-state index in [0.717, 1.165) is 6.08 Å². The molecule has 4 unspecified atom stereocenters. The number of rotatable bonds is 11. The van der Waals surface area contributed by atoms with Gasteiger partial charge in [-0.3, -0.25) is 9.36 Å². The summed E-state index contributed by atoms with van der Waals surface area (Å²) in [4.78, 5) is 44.8. The zero-order chi connectivity index (χ0) is 34.3. The van der Waals surface area contributed by atoms with Crippen LogP contribution in [-0.2, 0) is 25.5 Å². The Kier molecular flexibility index (Phi) is 9.12. The third-order valence-electron chi connectivity index (χ3n) is 8.46. The monoisotopic (exact) mass is 673 g/mol. The lowest BCUT2D eigenvalue weighted by molar-refractivity contribution is -0.147. The van der Waals surface area contributed by atoms with E-state index in [1.54, 1.807) is 36.4 Å². The van der Waals surface area contributed by atoms with Crippen LogP contribution in [0.3, 0.4) is 0 Å². The molecule has 0 aliphatic rings. The van der Waals surface area contributed by atoms with Crippen LogP contribution in [0.25, 0.3) is 33.1 Å². The Bertz CT molecular complexity index is 2140. The van der Waals surface area contributed by atoms with Crippen LogP contribution in [-0.4, -0.2) is 41.5 Å². The SMILES string of the molecule is C=CC(O)(Cc1c(-c2ccc(F)cc2)nc2ccccc2c1C(C)C)C(C(=O)O)(c1cc2ccccc2nc1[P+](=O)O)P(=O)(O)C=C. The van der Waals surface area contributed by atoms with Crippen molar-refractivity contribution >= 4 is 48.6 Å². The molecule has 5 aromatic rings. The lowest BCUT2D eigenvalue weighted by Gasteiger charge is -2.44. The van der Waals surface area contributed by atoms with Gasteiger partial charge in [-0.05, 0) is 69.9 Å². The number of nitrogens with zero attached hydrogens (tertiary/aromatic N) is 2. The molecule has 0 fully saturated rings. The van der Waals surface area contributed by atoms with E-state index >= 15 is 0 Å². The zero-order valence-electron chi connectivity index (χ0n) is 25.5. The third kappa shape index (κ3) is 5.52. The number of fused-ring (bicyclic) bond motifs is 2. The van der Waals surface area contributed by atoms with Gasteiger partial charge in [-0.1, -0.05) is 62.9 Å². The standard InChI is InChI=1S/C35H31FN2O7P2/c1-5-34(41,20-26-30(21(3)4)25-12-8-10-14-29(25)37-31(26)22-15-17-24(36)18-16-22)35(33(39)40,47(44,45)6-2)27-19-23-11-7-9-13-28(23)38-32(27)46(42)43/h5-19,21,41H,1-2,20H2,3-4H3,(H2-,39,40,42,43,44,45)/p+1. The van der Waals surface area contributed by atoms with Gasteiger partial charge in [-0.2, -0.15) is 4.89 Å². The molecule has 0 spiro atoms. The van der Waals surface area contributed by atoms with Crippen molar-refractivity contribution in [3.8, 4) is 11.3 Å². The highest BCUT2D eigenvalue weighted by molar-refractivity contribution is 7.63. The molecule has 0 saturated carbocycles. The van der Waals surface area contributed by atoms with Gasteiger partial charge in [0.05, 0.1) is 22.3 Å². The minimum Gasteiger partial charge on any atom is -0.480 e. The van der Waals surface area contributed by atoms with Crippen LogP contribution in [0.2, 0.25) is 0 Å². The second-order valence-corrected chi connectivity index (χ2v) is 14.7. The van der Waals surface area contributed by atoms with Crippen molar-refractivity contribution in [3.63, 3.8) is 0 Å². The highest BCUT2D eigenvalue weighted by atomic mass is 31.2. The van der Waals surface area contributed by atoms with E-state index in [1.165, 1.54) is 36.4 Å². The number of carboxylic acids is 1. The fraction of sp³-hybridized carbons (Fsp3) is 0.171. The molecular formula is C35H32FN2O7P2+. The highest BCUT2D eigenvalue weighted by Crippen LogP contribution is 2.67. The molecule has 0 bridgehead atoms. The maximum Gasteiger partial charge on any atom is 0.567 e. The summed E-state index contributed by atoms with van der Waals surface area (Å²) >= 11 is 0. The Morgan fingerprint density at radius 1 is 1.02 bits per heavy atom. The van der Waals surface area contributed by atoms with E-state index in [4.69, 9.17) is 4.98 Å². The third-order valence-corrected chi connectivity index (χ3v) is 11.4. The Morgan fingerprint density at radius 2 is 1.64 bits per heavy atom. The van der Waals surface area contributed by atoms with Crippen molar-refractivity contribution in [1.82, 2.24) is 9.97 Å². The highest BCUT2D eigenvalue weighted by Gasteiger charge is 2.68. The summed E-state index contributed by atoms with van der Waals surface area (Å²) < 4.78 is 41.2. The largest absolute Gasteiger partial charge is 0.567 e. The van der Waals surface area contributed by atoms with Crippen molar-refractivity contribution in [2.75, 3.05) is 0 Å². The van der Waals surface area contributed by atoms with E-state index in [9.17, 15) is 38.3 Å². The summed E-state index contributed by atoms with van der Waals surface area (Å²) in [7, 11) is -8.71. The van der Waals surface area contributed by atoms with Gasteiger partial charge in [0.15, 0.2) is 0 Å². The van der Waals surface area contributed by atoms with E-state index < -0.39 is 55.4 Å². The molecule has 9 nitrogen and oxygen atoms in total. The molecule has 12 heteroatoms. The molecule has 0 aliphatic carbocycles. The number of benzene rings is 3. The lowest BCUT2D eigenvalue weighted by atomic mass is 9.74. The van der Waals surface area contributed by atoms with Gasteiger partial charge in [0, 0.05) is 22.8 Å². The molecule has 4 atom stereocenters. The van der Waals surface area contributed by atoms with Crippen molar-refractivity contribution in [2.45, 2.75) is 36.9 Å². The number of hydrogen-bond donors (Lipinski definition) is 4. The van der Waals surface area contributed by atoms with Crippen LogP contribution < -0.4 is 5.44 Å². The predicted octanol–water partition coefficient (Wildman–Crippen LogP) is 6.93. The normalized spacial score (nSPS) is 15.9. The van der Waals surface area contributed by atoms with Crippen LogP contribution in [0, 0.1) is 5.82 Å². The maximum absolute atomic E-state index is 14.4. The van der Waals surface area contributed by atoms with E-state index in [-0.39, 0.29) is 22.5 Å². The molecule has 47 heavy (non-hydrogen) atoms. The first kappa shape index (κ1) is 33.9. The summed E-state index contributed by atoms with van der Waals surface area (Å²) in [6, 6.07) is 20.1. The summed E-state index contributed by atoms with van der Waals surface area (Å²) in [5.74, 6) is -2.21. The quantitative estimate of drug-likeness (QED) is 0.0862. The van der Waals surface area contributed by atoms with Gasteiger partial charge in [0.1, 0.15) is 11.4 Å². The van der Waals surface area contributed by atoms with E-state index in [1.807, 2.05) is 19.9 Å². The average Bonchev–Trinajstić information content (AvgIpc) is 3.04. The fourth-order valence-electron chi connectivity index (χ4n) is 6.35. The first-order valence-electron chi connectivity index (χ1n) is 14.5. The number of aliphatic carboxylic acids is 1. The second-order valence-electron chi connectivity index (χ2n) is 11.5. The number of carbonyl (C=O) groups is 1. The molecule has 4 N–H and O–H groups in total. The molecule has 5 rings (SSSR count). The smallest absolute Gasteiger partial charge is 0.480 e. The minimum absolute atomic E-state index is 0.218. The summed E-state index contributed by atoms with van der Waals surface area (Å²) in [5.41, 5.74) is -1.77. The predicted molar refractivity (Wildman–Crippen MR) is 181 cm³/mol. The average molecular weight is 674 g/mol. The molecule has 2 aromatic heterocycles. The van der Waals surface area contributed by atoms with Crippen LogP contribution in [0.5, 0.6) is 0 Å². The molecule has 240 valence electrons. The van der Waals surface area contributed by atoms with E-state index in [2.05, 4.69) is 18.1 Å². The molecule has 0 radical (unpaired) electrons. The van der Waals surface area contributed by atoms with Crippen molar-refractivity contribution in [3.05, 3.63) is 126 Å². The van der Waals surface area contributed by atoms with Crippen molar-refractivity contribution < 1.29 is 38.3 Å². The zero-order valence-corrected chi connectivity index (χ0v) is 27.3. The van der Waals surface area contributed by atoms with Gasteiger partial charge in [0.25, 0.3) is 0 Å². The number of carboxylic acid groups (broad SMARTS) is 1. The summed E-state index contributed by atoms with van der Waals surface area (Å²) in [5, 5.41) is 21.6. The molecular weight excluding hydrogens is 641 g/mol. The lowest BCUT2D eigenvalue weighted by Crippen LogP contribution is -2.58. The maximum atomic E-state index is 14.4. The Balaban J connectivity index is 1.95. The first-order chi connectivity index (χ1) is 22.2. The first-order valence-corrected chi connectivity index (χ1v) is 17.5. The minimum atomic E-state index is -5.30. The van der Waals surface area contributed by atoms with Crippen LogP contribution in [0.15, 0.2) is 104 Å². The summed E-state index contributed by atoms with van der Waals surface area (Å²) in [6.45, 7) is 10.9. The van der Waals surface area contributed by atoms with Crippen LogP contribution in [0.4, 0.5) is 4.39 Å². The fourth-order valence-corrected chi connectivity index (χ4v) is 8.86. The van der Waals surface area contributed by atoms with Gasteiger partial charge in [-0.15, -0.1) is 6.58 Å². The number of halogens is 1. The molecule has 0 amide bonds. The topological polar surface area (TPSA) is 158 Å². The molecule has 0 aliphatic heterocycles. The van der Waals surface area contributed by atoms with Crippen LogP contribution >= 0.6 is 15.4 Å². The van der Waals surface area contributed by atoms with Crippen molar-refractivity contribution in [2.24, 2.45) is 0 Å². The number of aliphatic hydroxyl groups is 1. The Morgan fingerprint density at radius 3 is 2.21 bits per heavy atom. The number of aromatic nitrogens is 2. The van der Waals surface area contributed by atoms with E-state index in [0.29, 0.717) is 33.4 Å². The Hall–Kier alpha value is -4.43.